The van der Waals surface area contributed by atoms with Crippen LogP contribution in [0.2, 0.25) is 0 Å². The van der Waals surface area contributed by atoms with E-state index in [9.17, 15) is 14.7 Å². The molecule has 27 heavy (non-hydrogen) atoms. The van der Waals surface area contributed by atoms with Crippen LogP contribution in [-0.4, -0.2) is 26.8 Å². The second kappa shape index (κ2) is 7.05. The summed E-state index contributed by atoms with van der Waals surface area (Å²) in [7, 11) is 0. The van der Waals surface area contributed by atoms with E-state index >= 15 is 0 Å². The molecule has 1 saturated heterocycles. The topological polar surface area (TPSA) is 83.4 Å². The average molecular weight is 442 g/mol. The number of rotatable bonds is 3. The minimum absolute atomic E-state index is 0.0312. The molecule has 8 heteroatoms. The molecule has 3 aromatic rings. The van der Waals surface area contributed by atoms with E-state index in [1.54, 1.807) is 35.8 Å². The average Bonchev–Trinajstić information content (AvgIpc) is 3.30. The molecule has 134 valence electrons. The van der Waals surface area contributed by atoms with Crippen molar-refractivity contribution in [2.45, 2.75) is 6.04 Å². The second-order valence-corrected chi connectivity index (χ2v) is 7.56. The number of pyridine rings is 1. The standard InChI is InChI=1S/C19H12BrN3O3S/c20-13-3-1-11(2-4-13)15-14(16(24)12-5-7-21-8-6-12)17(25)18(26)23(15)19-22-9-10-27-19/h1-10,15,24H. The lowest BCUT2D eigenvalue weighted by atomic mass is 9.96. The summed E-state index contributed by atoms with van der Waals surface area (Å²) in [5.41, 5.74) is 1.15. The Labute approximate surface area is 166 Å². The molecular weight excluding hydrogens is 430 g/mol. The Kier molecular flexibility index (Phi) is 4.59. The van der Waals surface area contributed by atoms with E-state index in [0.717, 1.165) is 4.47 Å². The van der Waals surface area contributed by atoms with Crippen molar-refractivity contribution in [1.82, 2.24) is 9.97 Å². The highest BCUT2D eigenvalue weighted by molar-refractivity contribution is 9.10. The first-order valence-corrected chi connectivity index (χ1v) is 9.61. The molecule has 1 aromatic carbocycles. The van der Waals surface area contributed by atoms with Gasteiger partial charge in [-0.25, -0.2) is 4.98 Å². The van der Waals surface area contributed by atoms with Crippen molar-refractivity contribution < 1.29 is 14.7 Å². The highest BCUT2D eigenvalue weighted by Gasteiger charge is 2.47. The van der Waals surface area contributed by atoms with Gasteiger partial charge in [0.05, 0.1) is 11.6 Å². The van der Waals surface area contributed by atoms with Gasteiger partial charge in [0.1, 0.15) is 5.76 Å². The van der Waals surface area contributed by atoms with Crippen LogP contribution in [0.25, 0.3) is 5.76 Å². The Morgan fingerprint density at radius 3 is 2.41 bits per heavy atom. The number of carbonyl (C=O) groups is 2. The molecule has 2 aromatic heterocycles. The van der Waals surface area contributed by atoms with Crippen LogP contribution in [0, 0.1) is 0 Å². The smallest absolute Gasteiger partial charge is 0.301 e. The molecule has 1 aliphatic rings. The monoisotopic (exact) mass is 441 g/mol. The van der Waals surface area contributed by atoms with Gasteiger partial charge in [-0.2, -0.15) is 0 Å². The largest absolute Gasteiger partial charge is 0.507 e. The zero-order valence-corrected chi connectivity index (χ0v) is 16.1. The summed E-state index contributed by atoms with van der Waals surface area (Å²) in [6.07, 6.45) is 4.60. The number of aliphatic hydroxyl groups is 1. The molecule has 1 amide bonds. The fourth-order valence-electron chi connectivity index (χ4n) is 2.99. The predicted molar refractivity (Wildman–Crippen MR) is 105 cm³/mol. The highest BCUT2D eigenvalue weighted by atomic mass is 79.9. The molecule has 0 bridgehead atoms. The molecule has 0 saturated carbocycles. The Hall–Kier alpha value is -2.84. The molecule has 4 rings (SSSR count). The van der Waals surface area contributed by atoms with E-state index in [1.807, 2.05) is 12.1 Å². The third kappa shape index (κ3) is 3.07. The van der Waals surface area contributed by atoms with Crippen LogP contribution < -0.4 is 4.90 Å². The van der Waals surface area contributed by atoms with Gasteiger partial charge in [-0.3, -0.25) is 19.5 Å². The molecule has 1 aliphatic heterocycles. The Morgan fingerprint density at radius 1 is 1.07 bits per heavy atom. The molecule has 6 nitrogen and oxygen atoms in total. The van der Waals surface area contributed by atoms with Crippen molar-refractivity contribution >= 4 is 49.8 Å². The molecule has 1 N–H and O–H groups in total. The predicted octanol–water partition coefficient (Wildman–Crippen LogP) is 3.93. The van der Waals surface area contributed by atoms with Gasteiger partial charge < -0.3 is 5.11 Å². The van der Waals surface area contributed by atoms with Gasteiger partial charge in [0.15, 0.2) is 5.13 Å². The summed E-state index contributed by atoms with van der Waals surface area (Å²) >= 11 is 4.64. The van der Waals surface area contributed by atoms with Gasteiger partial charge >= 0.3 is 5.91 Å². The van der Waals surface area contributed by atoms with Crippen molar-refractivity contribution in [3.05, 3.63) is 81.5 Å². The van der Waals surface area contributed by atoms with Crippen LogP contribution >= 0.6 is 27.3 Å². The number of hydrogen-bond acceptors (Lipinski definition) is 6. The lowest BCUT2D eigenvalue weighted by molar-refractivity contribution is -0.132. The molecule has 1 fully saturated rings. The Balaban J connectivity index is 1.94. The van der Waals surface area contributed by atoms with E-state index in [4.69, 9.17) is 0 Å². The number of aromatic nitrogens is 2. The maximum atomic E-state index is 12.8. The molecule has 0 aliphatic carbocycles. The van der Waals surface area contributed by atoms with Crippen LogP contribution in [0.1, 0.15) is 17.2 Å². The lowest BCUT2D eigenvalue weighted by Gasteiger charge is -2.23. The maximum absolute atomic E-state index is 12.8. The van der Waals surface area contributed by atoms with Gasteiger partial charge in [-0.05, 0) is 29.8 Å². The maximum Gasteiger partial charge on any atom is 0.301 e. The fourth-order valence-corrected chi connectivity index (χ4v) is 3.92. The summed E-state index contributed by atoms with van der Waals surface area (Å²) in [6, 6.07) is 9.67. The molecule has 1 unspecified atom stereocenters. The van der Waals surface area contributed by atoms with E-state index in [1.165, 1.54) is 28.6 Å². The summed E-state index contributed by atoms with van der Waals surface area (Å²) < 4.78 is 0.867. The number of amides is 1. The zero-order valence-electron chi connectivity index (χ0n) is 13.7. The first-order valence-electron chi connectivity index (χ1n) is 7.94. The summed E-state index contributed by atoms with van der Waals surface area (Å²) in [5.74, 6) is -1.69. The molecule has 0 spiro atoms. The van der Waals surface area contributed by atoms with E-state index < -0.39 is 17.7 Å². The Bertz CT molecular complexity index is 1030. The number of ketones is 1. The minimum atomic E-state index is -0.766. The normalized spacial score (nSPS) is 18.9. The number of hydrogen-bond donors (Lipinski definition) is 1. The molecular formula is C19H12BrN3O3S. The number of anilines is 1. The molecule has 1 atom stereocenters. The molecule has 3 heterocycles. The van der Waals surface area contributed by atoms with Gasteiger partial charge in [-0.1, -0.05) is 28.1 Å². The van der Waals surface area contributed by atoms with Gasteiger partial charge in [0.25, 0.3) is 5.78 Å². The first kappa shape index (κ1) is 17.6. The summed E-state index contributed by atoms with van der Waals surface area (Å²) in [5, 5.41) is 13.0. The number of thiazole rings is 1. The number of Topliss-reactive ketones (excluding diaryl/α,β-unsaturated/α-hetero) is 1. The van der Waals surface area contributed by atoms with E-state index in [2.05, 4.69) is 25.9 Å². The quantitative estimate of drug-likeness (QED) is 0.378. The van der Waals surface area contributed by atoms with Crippen LogP contribution in [-0.2, 0) is 9.59 Å². The number of benzene rings is 1. The Morgan fingerprint density at radius 2 is 1.78 bits per heavy atom. The van der Waals surface area contributed by atoms with Crippen LogP contribution in [0.5, 0.6) is 0 Å². The van der Waals surface area contributed by atoms with E-state index in [0.29, 0.717) is 16.3 Å². The minimum Gasteiger partial charge on any atom is -0.507 e. The van der Waals surface area contributed by atoms with Crippen molar-refractivity contribution in [2.24, 2.45) is 0 Å². The number of nitrogens with zero attached hydrogens (tertiary/aromatic N) is 3. The number of halogens is 1. The summed E-state index contributed by atoms with van der Waals surface area (Å²) in [6.45, 7) is 0. The third-order valence-electron chi connectivity index (χ3n) is 4.21. The SMILES string of the molecule is O=C1C(=O)N(c2nccs2)C(c2ccc(Br)cc2)C1=C(O)c1ccncc1. The van der Waals surface area contributed by atoms with Crippen LogP contribution in [0.4, 0.5) is 5.13 Å². The fraction of sp³-hybridized carbons (Fsp3) is 0.0526. The number of carbonyl (C=O) groups excluding carboxylic acids is 2. The zero-order chi connectivity index (χ0) is 19.0. The van der Waals surface area contributed by atoms with Crippen molar-refractivity contribution in [3.63, 3.8) is 0 Å². The van der Waals surface area contributed by atoms with Crippen LogP contribution in [0.15, 0.2) is 70.4 Å². The first-order chi connectivity index (χ1) is 13.1. The van der Waals surface area contributed by atoms with Gasteiger partial charge in [0, 0.05) is 34.0 Å². The number of aliphatic hydroxyl groups excluding tert-OH is 1. The highest BCUT2D eigenvalue weighted by Crippen LogP contribution is 2.42. The third-order valence-corrected chi connectivity index (χ3v) is 5.51. The van der Waals surface area contributed by atoms with Crippen molar-refractivity contribution in [3.8, 4) is 0 Å². The van der Waals surface area contributed by atoms with E-state index in [-0.39, 0.29) is 11.3 Å². The van der Waals surface area contributed by atoms with Gasteiger partial charge in [0.2, 0.25) is 0 Å². The summed E-state index contributed by atoms with van der Waals surface area (Å²) in [4.78, 5) is 35.0. The molecule has 0 radical (unpaired) electrons. The van der Waals surface area contributed by atoms with Crippen molar-refractivity contribution in [1.29, 1.82) is 0 Å². The van der Waals surface area contributed by atoms with Crippen molar-refractivity contribution in [2.75, 3.05) is 4.90 Å². The lowest BCUT2D eigenvalue weighted by Crippen LogP contribution is -2.29. The second-order valence-electron chi connectivity index (χ2n) is 5.77. The van der Waals surface area contributed by atoms with Crippen LogP contribution in [0.3, 0.4) is 0 Å². The van der Waals surface area contributed by atoms with Gasteiger partial charge in [-0.15, -0.1) is 11.3 Å².